The molecule has 7 nitrogen and oxygen atoms in total. The molecule has 0 aliphatic carbocycles. The van der Waals surface area contributed by atoms with Crippen LogP contribution < -0.4 is 5.32 Å². The molecule has 2 heterocycles. The highest BCUT2D eigenvalue weighted by atomic mass is 35.5. The van der Waals surface area contributed by atoms with Crippen molar-refractivity contribution in [1.29, 1.82) is 0 Å². The van der Waals surface area contributed by atoms with Crippen LogP contribution in [-0.2, 0) is 28.2 Å². The topological polar surface area (TPSA) is 91.3 Å². The first-order valence-corrected chi connectivity index (χ1v) is 15.9. The fraction of sp³-hybridized carbons (Fsp3) is 0.324. The van der Waals surface area contributed by atoms with E-state index in [0.717, 1.165) is 47.5 Å². The molecule has 4 aromatic carbocycles. The monoisotopic (exact) mass is 626 g/mol. The molecule has 2 fully saturated rings. The van der Waals surface area contributed by atoms with Crippen LogP contribution in [0.5, 0.6) is 0 Å². The van der Waals surface area contributed by atoms with Crippen LogP contribution >= 0.6 is 11.6 Å². The van der Waals surface area contributed by atoms with Gasteiger partial charge >= 0.3 is 0 Å². The maximum absolute atomic E-state index is 12.5. The third kappa shape index (κ3) is 7.82. The number of halogens is 1. The summed E-state index contributed by atoms with van der Waals surface area (Å²) >= 11 is 6.07. The van der Waals surface area contributed by atoms with Crippen molar-refractivity contribution in [2.24, 2.45) is 0 Å². The molecule has 0 aromatic heterocycles. The summed E-state index contributed by atoms with van der Waals surface area (Å²) in [6.07, 6.45) is 1.14. The number of hydrogen-bond acceptors (Lipinski definition) is 6. The Kier molecular flexibility index (Phi) is 9.95. The zero-order valence-electron chi connectivity index (χ0n) is 25.1. The second kappa shape index (κ2) is 14.3. The second-order valence-electron chi connectivity index (χ2n) is 12.0. The number of ether oxygens (including phenoxy) is 2. The van der Waals surface area contributed by atoms with Crippen LogP contribution in [0.25, 0.3) is 0 Å². The third-order valence-corrected chi connectivity index (χ3v) is 9.13. The predicted octanol–water partition coefficient (Wildman–Crippen LogP) is 6.29. The largest absolute Gasteiger partial charge is 0.392 e. The number of hydrogen-bond donors (Lipinski definition) is 3. The molecule has 2 saturated heterocycles. The third-order valence-electron chi connectivity index (χ3n) is 8.88. The molecule has 0 bridgehead atoms. The van der Waals surface area contributed by atoms with E-state index in [4.69, 9.17) is 21.1 Å². The van der Waals surface area contributed by atoms with Gasteiger partial charge in [-0.3, -0.25) is 4.79 Å². The average Bonchev–Trinajstić information content (AvgIpc) is 3.09. The van der Waals surface area contributed by atoms with Crippen LogP contribution in [0.15, 0.2) is 103 Å². The van der Waals surface area contributed by atoms with Gasteiger partial charge in [-0.1, -0.05) is 90.5 Å². The lowest BCUT2D eigenvalue weighted by Crippen LogP contribution is -2.46. The van der Waals surface area contributed by atoms with Crippen molar-refractivity contribution in [2.75, 3.05) is 19.6 Å². The number of likely N-dealkylation sites (tertiary alicyclic amines) is 1. The first-order valence-electron chi connectivity index (χ1n) is 15.5. The molecule has 2 aliphatic rings. The Morgan fingerprint density at radius 3 is 2.16 bits per heavy atom. The van der Waals surface area contributed by atoms with E-state index in [1.807, 2.05) is 91.0 Å². The molecule has 4 aromatic rings. The minimum atomic E-state index is -0.862. The number of carbonyl (C=O) groups excluding carboxylic acids is 1. The zero-order valence-corrected chi connectivity index (χ0v) is 25.9. The molecule has 3 N–H and O–H groups in total. The highest BCUT2D eigenvalue weighted by Crippen LogP contribution is 2.39. The van der Waals surface area contributed by atoms with Gasteiger partial charge in [0.25, 0.3) is 5.91 Å². The molecular formula is C37H39ClN2O5. The quantitative estimate of drug-likeness (QED) is 0.202. The van der Waals surface area contributed by atoms with E-state index in [1.165, 1.54) is 0 Å². The van der Waals surface area contributed by atoms with Crippen LogP contribution in [-0.4, -0.2) is 46.8 Å². The number of benzene rings is 4. The molecule has 2 aliphatic heterocycles. The Morgan fingerprint density at radius 1 is 0.844 bits per heavy atom. The number of nitrogens with one attached hydrogen (secondary N) is 1. The van der Waals surface area contributed by atoms with Crippen molar-refractivity contribution >= 4 is 17.5 Å². The summed E-state index contributed by atoms with van der Waals surface area (Å²) in [5, 5.41) is 24.5. The number of amides is 1. The highest BCUT2D eigenvalue weighted by molar-refractivity contribution is 6.30. The van der Waals surface area contributed by atoms with Gasteiger partial charge in [0.05, 0.1) is 24.4 Å². The van der Waals surface area contributed by atoms with E-state index in [0.29, 0.717) is 36.4 Å². The van der Waals surface area contributed by atoms with Gasteiger partial charge < -0.3 is 29.9 Å². The minimum Gasteiger partial charge on any atom is -0.392 e. The Morgan fingerprint density at radius 2 is 1.49 bits per heavy atom. The van der Waals surface area contributed by atoms with Crippen molar-refractivity contribution in [2.45, 2.75) is 56.5 Å². The van der Waals surface area contributed by atoms with Gasteiger partial charge in [0.15, 0.2) is 6.29 Å². The van der Waals surface area contributed by atoms with Crippen LogP contribution in [0.2, 0.25) is 5.02 Å². The highest BCUT2D eigenvalue weighted by Gasteiger charge is 2.37. The van der Waals surface area contributed by atoms with Crippen LogP contribution in [0.1, 0.15) is 69.8 Å². The van der Waals surface area contributed by atoms with Gasteiger partial charge in [-0.05, 0) is 59.4 Å². The van der Waals surface area contributed by atoms with E-state index >= 15 is 0 Å². The lowest BCUT2D eigenvalue weighted by Gasteiger charge is -2.42. The van der Waals surface area contributed by atoms with E-state index in [1.54, 1.807) is 12.1 Å². The van der Waals surface area contributed by atoms with Crippen molar-refractivity contribution in [3.63, 3.8) is 0 Å². The van der Waals surface area contributed by atoms with Crippen molar-refractivity contribution in [3.8, 4) is 0 Å². The summed E-state index contributed by atoms with van der Waals surface area (Å²) in [5.41, 5.74) is 4.46. The number of carbonyl (C=O) groups is 1. The number of rotatable bonds is 9. The molecule has 1 amide bonds. The molecule has 0 spiro atoms. The Bertz CT molecular complexity index is 1540. The van der Waals surface area contributed by atoms with Gasteiger partial charge in [0.1, 0.15) is 0 Å². The molecular weight excluding hydrogens is 588 g/mol. The lowest BCUT2D eigenvalue weighted by molar-refractivity contribution is -0.253. The van der Waals surface area contributed by atoms with E-state index in [-0.39, 0.29) is 24.7 Å². The Hall–Kier alpha value is -3.56. The normalized spacial score (nSPS) is 21.7. The number of nitrogens with zero attached hydrogens (tertiary/aromatic N) is 1. The van der Waals surface area contributed by atoms with Crippen LogP contribution in [0.4, 0.5) is 0 Å². The average molecular weight is 627 g/mol. The van der Waals surface area contributed by atoms with Crippen molar-refractivity contribution in [1.82, 2.24) is 10.2 Å². The molecule has 0 radical (unpaired) electrons. The smallest absolute Gasteiger partial charge is 0.251 e. The van der Waals surface area contributed by atoms with Gasteiger partial charge in [-0.25, -0.2) is 0 Å². The lowest BCUT2D eigenvalue weighted by atomic mass is 9.84. The maximum atomic E-state index is 12.5. The maximum Gasteiger partial charge on any atom is 0.251 e. The number of aliphatic hydroxyl groups excluding tert-OH is 1. The molecule has 6 rings (SSSR count). The summed E-state index contributed by atoms with van der Waals surface area (Å²) in [7, 11) is 0. The molecule has 0 saturated carbocycles. The van der Waals surface area contributed by atoms with Crippen molar-refractivity contribution in [3.05, 3.63) is 142 Å². The fourth-order valence-corrected chi connectivity index (χ4v) is 6.27. The van der Waals surface area contributed by atoms with E-state index in [2.05, 4.69) is 10.2 Å². The van der Waals surface area contributed by atoms with Crippen LogP contribution in [0, 0.1) is 0 Å². The SMILES string of the molecule is O=C(NCc1ccc([C@H]2O[C@@H](CN3CCC(O)(c4ccc(Cl)cc4)CC3)C[C@@H](c3ccc(CO)cc3)O2)cc1)c1ccccc1. The number of piperidine rings is 1. The first kappa shape index (κ1) is 31.4. The standard InChI is InChI=1S/C37H39ClN2O5/c38-32-16-14-31(15-17-32)37(43)18-20-40(21-19-37)24-33-22-34(28-10-8-27(25-41)9-11-28)45-36(44-33)30-12-6-26(7-13-30)23-39-35(42)29-4-2-1-3-5-29/h1-17,33-34,36,41,43H,18-25H2,(H,39,42)/t33-,34+,36+/m1/s1. The second-order valence-corrected chi connectivity index (χ2v) is 12.4. The summed E-state index contributed by atoms with van der Waals surface area (Å²) in [5.74, 6) is -0.110. The zero-order chi connectivity index (χ0) is 31.2. The van der Waals surface area contributed by atoms with E-state index in [9.17, 15) is 15.0 Å². The van der Waals surface area contributed by atoms with Crippen LogP contribution in [0.3, 0.4) is 0 Å². The van der Waals surface area contributed by atoms with E-state index < -0.39 is 11.9 Å². The Balaban J connectivity index is 1.12. The van der Waals surface area contributed by atoms with Gasteiger partial charge in [-0.2, -0.15) is 0 Å². The molecule has 3 atom stereocenters. The first-order chi connectivity index (χ1) is 21.9. The predicted molar refractivity (Wildman–Crippen MR) is 173 cm³/mol. The summed E-state index contributed by atoms with van der Waals surface area (Å²) in [6.45, 7) is 2.65. The van der Waals surface area contributed by atoms with Crippen molar-refractivity contribution < 1.29 is 24.5 Å². The Labute approximate surface area is 269 Å². The molecule has 234 valence electrons. The van der Waals surface area contributed by atoms with Gasteiger partial charge in [-0.15, -0.1) is 0 Å². The molecule has 8 heteroatoms. The minimum absolute atomic E-state index is 0.00432. The number of aliphatic hydroxyl groups is 2. The molecule has 45 heavy (non-hydrogen) atoms. The summed E-state index contributed by atoms with van der Waals surface area (Å²) in [4.78, 5) is 14.8. The van der Waals surface area contributed by atoms with Gasteiger partial charge in [0.2, 0.25) is 0 Å². The summed E-state index contributed by atoms with van der Waals surface area (Å²) < 4.78 is 13.1. The summed E-state index contributed by atoms with van der Waals surface area (Å²) in [6, 6.07) is 32.5. The molecule has 0 unspecified atom stereocenters. The fourth-order valence-electron chi connectivity index (χ4n) is 6.14. The van der Waals surface area contributed by atoms with Gasteiger partial charge in [0, 0.05) is 48.7 Å².